The molecule has 47 heavy (non-hydrogen) atoms. The van der Waals surface area contributed by atoms with E-state index in [1.165, 1.54) is 0 Å². The molecule has 0 unspecified atom stereocenters. The lowest BCUT2D eigenvalue weighted by atomic mass is 10.00. The standard InChI is InChI=1S/C35H45N5O7/c1-23-28(24(2)38-37-23)19-35(43)40-15-13-30-29(20-40)36-33(41)21-39(14-6-16-44-3)34(42)12-10-25-9-11-31(32(18-25)45-4)47-27-8-5-7-26(17-27)22-46-30/h5,7-9,11,17-18,29-30H,6,10,12-16,19-22H2,1-4H3,(H,36,41)(H,37,38)/t29-,30+/m0/s1. The van der Waals surface area contributed by atoms with Gasteiger partial charge in [0.15, 0.2) is 11.5 Å². The quantitative estimate of drug-likeness (QED) is 0.373. The summed E-state index contributed by atoms with van der Waals surface area (Å²) in [6.45, 7) is 5.59. The third-order valence-electron chi connectivity index (χ3n) is 8.77. The molecule has 12 nitrogen and oxygen atoms in total. The lowest BCUT2D eigenvalue weighted by Crippen LogP contribution is -2.58. The van der Waals surface area contributed by atoms with E-state index in [9.17, 15) is 14.4 Å². The van der Waals surface area contributed by atoms with Gasteiger partial charge in [-0.05, 0) is 68.5 Å². The largest absolute Gasteiger partial charge is 0.493 e. The summed E-state index contributed by atoms with van der Waals surface area (Å²) in [5.41, 5.74) is 4.38. The molecule has 252 valence electrons. The minimum absolute atomic E-state index is 0.0377. The molecule has 0 aliphatic carbocycles. The average molecular weight is 648 g/mol. The highest BCUT2D eigenvalue weighted by molar-refractivity contribution is 5.85. The molecule has 3 aliphatic rings. The first-order valence-electron chi connectivity index (χ1n) is 16.1. The first kappa shape index (κ1) is 33.9. The van der Waals surface area contributed by atoms with Crippen LogP contribution in [-0.2, 0) is 43.3 Å². The van der Waals surface area contributed by atoms with Gasteiger partial charge in [0.25, 0.3) is 0 Å². The van der Waals surface area contributed by atoms with Gasteiger partial charge in [-0.3, -0.25) is 19.5 Å². The molecule has 3 aromatic rings. The maximum atomic E-state index is 13.6. The zero-order chi connectivity index (χ0) is 33.3. The van der Waals surface area contributed by atoms with Gasteiger partial charge < -0.3 is 34.1 Å². The van der Waals surface area contributed by atoms with Crippen LogP contribution in [0.4, 0.5) is 0 Å². The zero-order valence-corrected chi connectivity index (χ0v) is 27.7. The van der Waals surface area contributed by atoms with Crippen LogP contribution in [-0.4, -0.2) is 96.9 Å². The van der Waals surface area contributed by atoms with Crippen LogP contribution in [0.5, 0.6) is 17.2 Å². The Labute approximate surface area is 275 Å². The number of likely N-dealkylation sites (tertiary alicyclic amines) is 1. The summed E-state index contributed by atoms with van der Waals surface area (Å²) in [5.74, 6) is 1.28. The zero-order valence-electron chi connectivity index (χ0n) is 27.7. The average Bonchev–Trinajstić information content (AvgIpc) is 3.38. The van der Waals surface area contributed by atoms with Gasteiger partial charge in [-0.1, -0.05) is 18.2 Å². The van der Waals surface area contributed by atoms with E-state index in [-0.39, 0.29) is 49.8 Å². The van der Waals surface area contributed by atoms with Gasteiger partial charge in [-0.2, -0.15) is 5.10 Å². The van der Waals surface area contributed by atoms with E-state index in [0.717, 1.165) is 28.1 Å². The van der Waals surface area contributed by atoms with Crippen LogP contribution in [0.2, 0.25) is 0 Å². The van der Waals surface area contributed by atoms with Crippen LogP contribution >= 0.6 is 0 Å². The van der Waals surface area contributed by atoms with Crippen LogP contribution < -0.4 is 14.8 Å². The highest BCUT2D eigenvalue weighted by Gasteiger charge is 2.34. The van der Waals surface area contributed by atoms with Gasteiger partial charge in [0.05, 0.1) is 44.5 Å². The van der Waals surface area contributed by atoms with Crippen molar-refractivity contribution in [2.75, 3.05) is 47.0 Å². The third kappa shape index (κ3) is 8.89. The summed E-state index contributed by atoms with van der Waals surface area (Å²) in [5, 5.41) is 10.3. The summed E-state index contributed by atoms with van der Waals surface area (Å²) < 4.78 is 23.4. The van der Waals surface area contributed by atoms with E-state index >= 15 is 0 Å². The number of piperidine rings is 1. The Kier molecular flexibility index (Phi) is 11.5. The SMILES string of the molecule is COCCCN1CC(=O)N[C@H]2CN(C(=O)Cc3c(C)n[nH]c3C)CC[C@H]2OCc2cccc(c2)Oc2ccc(cc2OC)CCC1=O. The van der Waals surface area contributed by atoms with Crippen LogP contribution in [0.3, 0.4) is 0 Å². The van der Waals surface area contributed by atoms with Gasteiger partial charge in [0.2, 0.25) is 17.7 Å². The second kappa shape index (κ2) is 15.9. The fourth-order valence-electron chi connectivity index (χ4n) is 6.10. The Bertz CT molecular complexity index is 1540. The number of H-pyrrole nitrogens is 1. The number of ether oxygens (including phenoxy) is 4. The minimum Gasteiger partial charge on any atom is -0.493 e. The molecular weight excluding hydrogens is 602 g/mol. The number of benzene rings is 2. The molecule has 1 fully saturated rings. The number of nitrogens with one attached hydrogen (secondary N) is 2. The van der Waals surface area contributed by atoms with Crippen molar-refractivity contribution >= 4 is 17.7 Å². The van der Waals surface area contributed by atoms with Gasteiger partial charge in [-0.15, -0.1) is 0 Å². The van der Waals surface area contributed by atoms with E-state index < -0.39 is 6.04 Å². The number of aromatic nitrogens is 2. The molecule has 6 rings (SSSR count). The molecule has 0 radical (unpaired) electrons. The second-order valence-corrected chi connectivity index (χ2v) is 12.1. The van der Waals surface area contributed by atoms with Crippen molar-refractivity contribution in [3.8, 4) is 17.2 Å². The fraction of sp³-hybridized carbons (Fsp3) is 0.486. The monoisotopic (exact) mass is 647 g/mol. The number of aromatic amines is 1. The number of hydrogen-bond donors (Lipinski definition) is 2. The Morgan fingerprint density at radius 3 is 2.70 bits per heavy atom. The van der Waals surface area contributed by atoms with Gasteiger partial charge in [-0.25, -0.2) is 0 Å². The molecule has 0 spiro atoms. The number of carbonyl (C=O) groups is 3. The number of aryl methyl sites for hydroxylation is 3. The maximum absolute atomic E-state index is 13.6. The van der Waals surface area contributed by atoms with E-state index in [2.05, 4.69) is 15.5 Å². The van der Waals surface area contributed by atoms with Gasteiger partial charge >= 0.3 is 0 Å². The molecule has 2 N–H and O–H groups in total. The molecule has 3 aliphatic heterocycles. The molecule has 0 saturated carbocycles. The molecular formula is C35H45N5O7. The summed E-state index contributed by atoms with van der Waals surface area (Å²) in [6, 6.07) is 12.8. The first-order valence-corrected chi connectivity index (χ1v) is 16.1. The molecule has 12 heteroatoms. The molecule has 2 atom stereocenters. The van der Waals surface area contributed by atoms with Crippen molar-refractivity contribution in [3.63, 3.8) is 0 Å². The summed E-state index contributed by atoms with van der Waals surface area (Å²) in [7, 11) is 3.19. The van der Waals surface area contributed by atoms with Crippen LogP contribution in [0.25, 0.3) is 0 Å². The number of hydrogen-bond acceptors (Lipinski definition) is 8. The number of amides is 3. The highest BCUT2D eigenvalue weighted by atomic mass is 16.5. The third-order valence-corrected chi connectivity index (χ3v) is 8.77. The van der Waals surface area contributed by atoms with E-state index in [1.54, 1.807) is 24.0 Å². The number of nitrogens with zero attached hydrogens (tertiary/aromatic N) is 3. The molecule has 1 aromatic heterocycles. The number of carbonyl (C=O) groups excluding carboxylic acids is 3. The molecule has 4 bridgehead atoms. The Balaban J connectivity index is 1.39. The van der Waals surface area contributed by atoms with Crippen LogP contribution in [0.1, 0.15) is 47.3 Å². The van der Waals surface area contributed by atoms with Crippen LogP contribution in [0.15, 0.2) is 42.5 Å². The van der Waals surface area contributed by atoms with E-state index in [1.807, 2.05) is 56.3 Å². The second-order valence-electron chi connectivity index (χ2n) is 12.1. The van der Waals surface area contributed by atoms with E-state index in [4.69, 9.17) is 18.9 Å². The Morgan fingerprint density at radius 2 is 1.94 bits per heavy atom. The van der Waals surface area contributed by atoms with Crippen molar-refractivity contribution in [1.29, 1.82) is 0 Å². The summed E-state index contributed by atoms with van der Waals surface area (Å²) in [6.07, 6.45) is 1.70. The predicted octanol–water partition coefficient (Wildman–Crippen LogP) is 3.48. The number of methoxy groups -OCH3 is 2. The van der Waals surface area contributed by atoms with Crippen molar-refractivity contribution in [2.24, 2.45) is 0 Å². The van der Waals surface area contributed by atoms with Crippen LogP contribution in [0, 0.1) is 13.8 Å². The summed E-state index contributed by atoms with van der Waals surface area (Å²) >= 11 is 0. The van der Waals surface area contributed by atoms with Crippen molar-refractivity contribution < 1.29 is 33.3 Å². The summed E-state index contributed by atoms with van der Waals surface area (Å²) in [4.78, 5) is 43.8. The first-order chi connectivity index (χ1) is 22.7. The van der Waals surface area contributed by atoms with Crippen molar-refractivity contribution in [3.05, 3.63) is 70.5 Å². The Morgan fingerprint density at radius 1 is 1.09 bits per heavy atom. The van der Waals surface area contributed by atoms with Crippen molar-refractivity contribution in [2.45, 2.75) is 64.7 Å². The highest BCUT2D eigenvalue weighted by Crippen LogP contribution is 2.33. The maximum Gasteiger partial charge on any atom is 0.239 e. The molecule has 4 heterocycles. The van der Waals surface area contributed by atoms with E-state index in [0.29, 0.717) is 62.8 Å². The van der Waals surface area contributed by atoms with Gasteiger partial charge in [0, 0.05) is 51.0 Å². The topological polar surface area (TPSA) is 135 Å². The predicted molar refractivity (Wildman–Crippen MR) is 174 cm³/mol. The molecule has 2 aromatic carbocycles. The molecule has 1 saturated heterocycles. The fourth-order valence-corrected chi connectivity index (χ4v) is 6.10. The Hall–Kier alpha value is -4.42. The smallest absolute Gasteiger partial charge is 0.239 e. The molecule has 3 amide bonds. The lowest BCUT2D eigenvalue weighted by molar-refractivity contribution is -0.139. The minimum atomic E-state index is -0.469. The number of rotatable bonds is 7. The van der Waals surface area contributed by atoms with Gasteiger partial charge in [0.1, 0.15) is 5.75 Å². The lowest BCUT2D eigenvalue weighted by Gasteiger charge is -2.39. The van der Waals surface area contributed by atoms with Crippen molar-refractivity contribution in [1.82, 2.24) is 25.3 Å². The number of fused-ring (bicyclic) bond motifs is 9. The normalized spacial score (nSPS) is 19.2.